The highest BCUT2D eigenvalue weighted by Gasteiger charge is 2.18. The van der Waals surface area contributed by atoms with E-state index in [-0.39, 0.29) is 16.8 Å². The minimum Gasteiger partial charge on any atom is -0.335 e. The third-order valence-electron chi connectivity index (χ3n) is 3.51. The molecule has 0 aliphatic rings. The second-order valence-electron chi connectivity index (χ2n) is 5.73. The maximum absolute atomic E-state index is 12.4. The topological polar surface area (TPSA) is 66.5 Å². The van der Waals surface area contributed by atoms with Gasteiger partial charge in [0.05, 0.1) is 4.90 Å². The van der Waals surface area contributed by atoms with Crippen molar-refractivity contribution in [1.82, 2.24) is 9.62 Å². The summed E-state index contributed by atoms with van der Waals surface area (Å²) in [5.74, 6) is -0.130. The molecule has 0 spiro atoms. The van der Waals surface area contributed by atoms with E-state index in [0.717, 1.165) is 5.57 Å². The van der Waals surface area contributed by atoms with Crippen molar-refractivity contribution >= 4 is 15.9 Å². The van der Waals surface area contributed by atoms with Gasteiger partial charge in [0.25, 0.3) is 5.91 Å². The van der Waals surface area contributed by atoms with E-state index in [4.69, 9.17) is 0 Å². The molecule has 1 amide bonds. The maximum atomic E-state index is 12.4. The zero-order valence-corrected chi connectivity index (χ0v) is 15.1. The lowest BCUT2D eigenvalue weighted by atomic mass is 10.2. The first-order valence-corrected chi connectivity index (χ1v) is 9.25. The number of amides is 1. The molecule has 128 valence electrons. The number of nitrogens with one attached hydrogen (secondary N) is 1. The van der Waals surface area contributed by atoms with Crippen molar-refractivity contribution in [3.63, 3.8) is 0 Å². The molecule has 0 saturated heterocycles. The first-order valence-electron chi connectivity index (χ1n) is 7.77. The zero-order valence-electron chi connectivity index (χ0n) is 14.3. The Morgan fingerprint density at radius 3 is 2.26 bits per heavy atom. The molecular formula is C17H26N2O3S. The Labute approximate surface area is 139 Å². The Morgan fingerprint density at radius 2 is 1.83 bits per heavy atom. The van der Waals surface area contributed by atoms with E-state index >= 15 is 0 Å². The van der Waals surface area contributed by atoms with Gasteiger partial charge in [0.1, 0.15) is 0 Å². The van der Waals surface area contributed by atoms with Crippen LogP contribution in [0.25, 0.3) is 0 Å². The average Bonchev–Trinajstić information content (AvgIpc) is 2.51. The van der Waals surface area contributed by atoms with Crippen molar-refractivity contribution in [2.75, 3.05) is 13.1 Å². The van der Waals surface area contributed by atoms with Crippen LogP contribution in [0.5, 0.6) is 0 Å². The van der Waals surface area contributed by atoms with Crippen LogP contribution in [-0.2, 0) is 10.0 Å². The van der Waals surface area contributed by atoms with E-state index in [2.05, 4.69) is 11.3 Å². The van der Waals surface area contributed by atoms with Crippen LogP contribution >= 0.6 is 0 Å². The summed E-state index contributed by atoms with van der Waals surface area (Å²) in [6.07, 6.45) is 0.710. The van der Waals surface area contributed by atoms with E-state index in [1.807, 2.05) is 27.7 Å². The second kappa shape index (κ2) is 8.26. The van der Waals surface area contributed by atoms with Gasteiger partial charge in [-0.2, -0.15) is 0 Å². The van der Waals surface area contributed by atoms with Crippen molar-refractivity contribution in [1.29, 1.82) is 0 Å². The average molecular weight is 338 g/mol. The van der Waals surface area contributed by atoms with Crippen molar-refractivity contribution in [2.24, 2.45) is 0 Å². The summed E-state index contributed by atoms with van der Waals surface area (Å²) in [7, 11) is -3.55. The van der Waals surface area contributed by atoms with Crippen LogP contribution in [0.1, 0.15) is 44.5 Å². The summed E-state index contributed by atoms with van der Waals surface area (Å²) in [5.41, 5.74) is 1.37. The normalized spacial score (nSPS) is 12.7. The Kier molecular flexibility index (Phi) is 6.97. The van der Waals surface area contributed by atoms with E-state index < -0.39 is 10.0 Å². The van der Waals surface area contributed by atoms with Gasteiger partial charge in [-0.05, 0) is 51.5 Å². The van der Waals surface area contributed by atoms with Crippen molar-refractivity contribution in [2.45, 2.75) is 45.1 Å². The molecule has 0 aliphatic carbocycles. The summed E-state index contributed by atoms with van der Waals surface area (Å²) >= 11 is 0. The molecule has 1 aromatic carbocycles. The number of carbonyl (C=O) groups is 1. The van der Waals surface area contributed by atoms with Crippen LogP contribution in [0, 0.1) is 0 Å². The Bertz CT molecular complexity index is 651. The van der Waals surface area contributed by atoms with Crippen LogP contribution in [0.2, 0.25) is 0 Å². The number of likely N-dealkylation sites (N-methyl/N-ethyl adjacent to an activating group) is 1. The summed E-state index contributed by atoms with van der Waals surface area (Å²) in [4.78, 5) is 14.3. The highest BCUT2D eigenvalue weighted by atomic mass is 32.2. The summed E-state index contributed by atoms with van der Waals surface area (Å²) in [6.45, 7) is 12.4. The van der Waals surface area contributed by atoms with E-state index in [1.165, 1.54) is 12.1 Å². The standard InChI is InChI=1S/C17H26N2O3S/c1-6-14(5)18-23(21,22)16-10-8-15(9-11-16)17(20)19(7-2)12-13(3)4/h8-11,14,18H,3,6-7,12H2,1-2,4-5H3. The molecule has 6 heteroatoms. The Hall–Kier alpha value is -1.66. The molecule has 0 bridgehead atoms. The number of hydrogen-bond acceptors (Lipinski definition) is 3. The van der Waals surface area contributed by atoms with Gasteiger partial charge in [-0.15, -0.1) is 0 Å². The summed E-state index contributed by atoms with van der Waals surface area (Å²) < 4.78 is 27.0. The lowest BCUT2D eigenvalue weighted by Gasteiger charge is -2.21. The summed E-state index contributed by atoms with van der Waals surface area (Å²) in [5, 5.41) is 0. The number of carbonyl (C=O) groups excluding carboxylic acids is 1. The van der Waals surface area contributed by atoms with E-state index in [9.17, 15) is 13.2 Å². The van der Waals surface area contributed by atoms with Crippen molar-refractivity contribution in [3.8, 4) is 0 Å². The molecule has 1 atom stereocenters. The smallest absolute Gasteiger partial charge is 0.254 e. The van der Waals surface area contributed by atoms with Crippen LogP contribution < -0.4 is 4.72 Å². The fraction of sp³-hybridized carbons (Fsp3) is 0.471. The van der Waals surface area contributed by atoms with Crippen LogP contribution in [0.3, 0.4) is 0 Å². The van der Waals surface area contributed by atoms with Crippen molar-refractivity contribution < 1.29 is 13.2 Å². The molecule has 23 heavy (non-hydrogen) atoms. The molecule has 0 fully saturated rings. The number of benzene rings is 1. The minimum atomic E-state index is -3.55. The van der Waals surface area contributed by atoms with Gasteiger partial charge in [0, 0.05) is 24.7 Å². The third kappa shape index (κ3) is 5.48. The molecule has 1 rings (SSSR count). The zero-order chi connectivity index (χ0) is 17.6. The predicted molar refractivity (Wildman–Crippen MR) is 92.9 cm³/mol. The van der Waals surface area contributed by atoms with Crippen LogP contribution in [0.4, 0.5) is 0 Å². The van der Waals surface area contributed by atoms with Gasteiger partial charge in [0.15, 0.2) is 0 Å². The molecule has 0 saturated carbocycles. The van der Waals surface area contributed by atoms with Crippen LogP contribution in [0.15, 0.2) is 41.3 Å². The highest BCUT2D eigenvalue weighted by Crippen LogP contribution is 2.14. The molecule has 1 unspecified atom stereocenters. The minimum absolute atomic E-state index is 0.130. The molecule has 0 aromatic heterocycles. The lowest BCUT2D eigenvalue weighted by Crippen LogP contribution is -2.33. The van der Waals surface area contributed by atoms with E-state index in [0.29, 0.717) is 25.1 Å². The van der Waals surface area contributed by atoms with Gasteiger partial charge in [-0.1, -0.05) is 19.1 Å². The molecule has 1 aromatic rings. The monoisotopic (exact) mass is 338 g/mol. The molecule has 0 aliphatic heterocycles. The highest BCUT2D eigenvalue weighted by molar-refractivity contribution is 7.89. The predicted octanol–water partition coefficient (Wildman–Crippen LogP) is 2.80. The van der Waals surface area contributed by atoms with Crippen LogP contribution in [-0.4, -0.2) is 38.4 Å². The van der Waals surface area contributed by atoms with Gasteiger partial charge in [0.2, 0.25) is 10.0 Å². The van der Waals surface area contributed by atoms with Gasteiger partial charge in [-0.25, -0.2) is 13.1 Å². The molecule has 1 N–H and O–H groups in total. The maximum Gasteiger partial charge on any atom is 0.254 e. The quantitative estimate of drug-likeness (QED) is 0.741. The third-order valence-corrected chi connectivity index (χ3v) is 5.12. The second-order valence-corrected chi connectivity index (χ2v) is 7.45. The number of hydrogen-bond donors (Lipinski definition) is 1. The number of rotatable bonds is 8. The van der Waals surface area contributed by atoms with Gasteiger partial charge >= 0.3 is 0 Å². The first kappa shape index (κ1) is 19.4. The van der Waals surface area contributed by atoms with Crippen molar-refractivity contribution in [3.05, 3.63) is 42.0 Å². The molecular weight excluding hydrogens is 312 g/mol. The van der Waals surface area contributed by atoms with Gasteiger partial charge in [-0.3, -0.25) is 4.79 Å². The Morgan fingerprint density at radius 1 is 1.26 bits per heavy atom. The summed E-state index contributed by atoms with van der Waals surface area (Å²) in [6, 6.07) is 5.90. The number of nitrogens with zero attached hydrogens (tertiary/aromatic N) is 1. The Balaban J connectivity index is 2.95. The molecule has 0 radical (unpaired) electrons. The largest absolute Gasteiger partial charge is 0.335 e. The fourth-order valence-corrected chi connectivity index (χ4v) is 3.36. The lowest BCUT2D eigenvalue weighted by molar-refractivity contribution is 0.0778. The fourth-order valence-electron chi connectivity index (χ4n) is 2.03. The number of sulfonamides is 1. The molecule has 0 heterocycles. The SMILES string of the molecule is C=C(C)CN(CC)C(=O)c1ccc(S(=O)(=O)NC(C)CC)cc1. The van der Waals surface area contributed by atoms with Gasteiger partial charge < -0.3 is 4.90 Å². The first-order chi connectivity index (χ1) is 10.7. The van der Waals surface area contributed by atoms with E-state index in [1.54, 1.807) is 17.0 Å². The molecule has 5 nitrogen and oxygen atoms in total.